The summed E-state index contributed by atoms with van der Waals surface area (Å²) in [5, 5.41) is 4.75. The minimum Gasteiger partial charge on any atom is -0.494 e. The van der Waals surface area contributed by atoms with Crippen molar-refractivity contribution in [2.45, 2.75) is 6.54 Å². The Labute approximate surface area is 220 Å². The molecule has 2 aromatic heterocycles. The molecule has 0 saturated carbocycles. The Bertz CT molecular complexity index is 1430. The monoisotopic (exact) mass is 517 g/mol. The molecule has 0 atom stereocenters. The van der Waals surface area contributed by atoms with Gasteiger partial charge >= 0.3 is 0 Å². The number of aromatic nitrogens is 4. The summed E-state index contributed by atoms with van der Waals surface area (Å²) >= 11 is 0. The SMILES string of the molecule is COc1cc([N+]2(C)CCN(C(=O)Cn3nc(-c4ccc(F)c(OC)c4)cc3-c3ccccc3)CC2)ncn1. The maximum Gasteiger partial charge on any atom is 0.244 e. The topological polar surface area (TPSA) is 82.4 Å². The molecule has 2 aromatic carbocycles. The molecule has 1 saturated heterocycles. The lowest BCUT2D eigenvalue weighted by Crippen LogP contribution is -2.60. The van der Waals surface area contributed by atoms with E-state index >= 15 is 0 Å². The number of quaternary nitrogens is 1. The molecular weight excluding hydrogens is 487 g/mol. The number of rotatable bonds is 7. The molecule has 0 bridgehead atoms. The van der Waals surface area contributed by atoms with E-state index in [-0.39, 0.29) is 18.2 Å². The van der Waals surface area contributed by atoms with Gasteiger partial charge in [0, 0.05) is 5.56 Å². The van der Waals surface area contributed by atoms with E-state index in [9.17, 15) is 9.18 Å². The smallest absolute Gasteiger partial charge is 0.244 e. The zero-order valence-corrected chi connectivity index (χ0v) is 21.7. The minimum atomic E-state index is -0.440. The van der Waals surface area contributed by atoms with Gasteiger partial charge in [-0.2, -0.15) is 10.1 Å². The third-order valence-electron chi connectivity index (χ3n) is 7.05. The molecule has 10 heteroatoms. The van der Waals surface area contributed by atoms with E-state index in [1.807, 2.05) is 47.4 Å². The van der Waals surface area contributed by atoms with Crippen LogP contribution in [0.1, 0.15) is 0 Å². The molecule has 38 heavy (non-hydrogen) atoms. The van der Waals surface area contributed by atoms with Crippen LogP contribution in [0.5, 0.6) is 11.6 Å². The highest BCUT2D eigenvalue weighted by molar-refractivity contribution is 5.78. The maximum atomic E-state index is 14.0. The minimum absolute atomic E-state index is 0.0139. The van der Waals surface area contributed by atoms with Gasteiger partial charge < -0.3 is 14.4 Å². The molecule has 3 heterocycles. The van der Waals surface area contributed by atoms with Gasteiger partial charge in [-0.3, -0.25) is 14.0 Å². The number of carbonyl (C=O) groups excluding carboxylic acids is 1. The first-order chi connectivity index (χ1) is 18.4. The third-order valence-corrected chi connectivity index (χ3v) is 7.05. The van der Waals surface area contributed by atoms with Gasteiger partial charge in [0.15, 0.2) is 11.6 Å². The van der Waals surface area contributed by atoms with Gasteiger partial charge in [0.05, 0.1) is 51.8 Å². The van der Waals surface area contributed by atoms with Crippen LogP contribution in [0.4, 0.5) is 10.2 Å². The second-order valence-electron chi connectivity index (χ2n) is 9.43. The van der Waals surface area contributed by atoms with Crippen molar-refractivity contribution >= 4 is 11.7 Å². The van der Waals surface area contributed by atoms with Crippen molar-refractivity contribution in [3.63, 3.8) is 0 Å². The van der Waals surface area contributed by atoms with Crippen molar-refractivity contribution in [2.75, 3.05) is 47.4 Å². The predicted octanol–water partition coefficient (Wildman–Crippen LogP) is 3.64. The highest BCUT2D eigenvalue weighted by Gasteiger charge is 2.34. The van der Waals surface area contributed by atoms with Crippen LogP contribution in [0.25, 0.3) is 22.5 Å². The number of carbonyl (C=O) groups is 1. The first kappa shape index (κ1) is 25.3. The van der Waals surface area contributed by atoms with Gasteiger partial charge in [-0.1, -0.05) is 30.3 Å². The number of hydrogen-bond acceptors (Lipinski definition) is 6. The molecule has 5 rings (SSSR count). The lowest BCUT2D eigenvalue weighted by Gasteiger charge is -2.40. The standard InChI is InChI=1S/C28H30FN6O3/c1-35(26-17-27(38-3)31-19-30-26)13-11-33(12-14-35)28(36)18-34-24(20-7-5-4-6-8-20)16-23(32-34)21-9-10-22(29)25(15-21)37-2/h4-10,15-17,19H,11-14,18H2,1-3H3/q+1. The number of halogens is 1. The van der Waals surface area contributed by atoms with E-state index in [4.69, 9.17) is 14.6 Å². The first-order valence-corrected chi connectivity index (χ1v) is 12.4. The van der Waals surface area contributed by atoms with Gasteiger partial charge in [-0.05, 0) is 29.8 Å². The third kappa shape index (κ3) is 5.08. The molecule has 0 N–H and O–H groups in total. The average Bonchev–Trinajstić information content (AvgIpc) is 3.37. The molecule has 9 nitrogen and oxygen atoms in total. The van der Waals surface area contributed by atoms with Gasteiger partial charge in [-0.25, -0.2) is 9.37 Å². The van der Waals surface area contributed by atoms with Crippen LogP contribution in [-0.4, -0.2) is 78.0 Å². The van der Waals surface area contributed by atoms with E-state index in [1.54, 1.807) is 23.9 Å². The molecule has 1 fully saturated rings. The van der Waals surface area contributed by atoms with Crippen LogP contribution in [0.3, 0.4) is 0 Å². The van der Waals surface area contributed by atoms with Crippen LogP contribution in [-0.2, 0) is 11.3 Å². The van der Waals surface area contributed by atoms with E-state index in [1.165, 1.54) is 19.5 Å². The van der Waals surface area contributed by atoms with Crippen molar-refractivity contribution in [3.8, 4) is 34.1 Å². The van der Waals surface area contributed by atoms with Crippen LogP contribution < -0.4 is 14.0 Å². The molecule has 196 valence electrons. The highest BCUT2D eigenvalue weighted by Crippen LogP contribution is 2.30. The molecular formula is C28H30FN6O3+. The van der Waals surface area contributed by atoms with Crippen LogP contribution in [0, 0.1) is 5.82 Å². The number of amides is 1. The first-order valence-electron chi connectivity index (χ1n) is 12.4. The molecule has 0 unspecified atom stereocenters. The van der Waals surface area contributed by atoms with E-state index in [0.29, 0.717) is 34.7 Å². The van der Waals surface area contributed by atoms with Crippen molar-refractivity contribution in [1.29, 1.82) is 0 Å². The summed E-state index contributed by atoms with van der Waals surface area (Å²) in [5.74, 6) is 1.08. The fraction of sp³-hybridized carbons (Fsp3) is 0.286. The van der Waals surface area contributed by atoms with Crippen LogP contribution in [0.2, 0.25) is 0 Å². The van der Waals surface area contributed by atoms with E-state index in [0.717, 1.165) is 30.2 Å². The number of hydrogen-bond donors (Lipinski definition) is 0. The lowest BCUT2D eigenvalue weighted by molar-refractivity contribution is -0.133. The predicted molar refractivity (Wildman–Crippen MR) is 142 cm³/mol. The molecule has 0 radical (unpaired) electrons. The van der Waals surface area contributed by atoms with Gasteiger partial charge in [0.25, 0.3) is 0 Å². The summed E-state index contributed by atoms with van der Waals surface area (Å²) < 4.78 is 26.7. The average molecular weight is 518 g/mol. The van der Waals surface area contributed by atoms with Crippen LogP contribution in [0.15, 0.2) is 67.0 Å². The quantitative estimate of drug-likeness (QED) is 0.348. The molecule has 0 spiro atoms. The fourth-order valence-corrected chi connectivity index (χ4v) is 4.69. The molecule has 4 aromatic rings. The number of piperazine rings is 1. The summed E-state index contributed by atoms with van der Waals surface area (Å²) in [6.45, 7) is 2.71. The summed E-state index contributed by atoms with van der Waals surface area (Å²) in [5.41, 5.74) is 3.09. The fourth-order valence-electron chi connectivity index (χ4n) is 4.69. The summed E-state index contributed by atoms with van der Waals surface area (Å²) in [4.78, 5) is 23.9. The number of nitrogens with zero attached hydrogens (tertiary/aromatic N) is 6. The van der Waals surface area contributed by atoms with Crippen molar-refractivity contribution in [2.24, 2.45) is 0 Å². The zero-order chi connectivity index (χ0) is 26.7. The second-order valence-corrected chi connectivity index (χ2v) is 9.43. The summed E-state index contributed by atoms with van der Waals surface area (Å²) in [6, 6.07) is 18.2. The number of benzene rings is 2. The highest BCUT2D eigenvalue weighted by atomic mass is 19.1. The van der Waals surface area contributed by atoms with E-state index < -0.39 is 5.82 Å². The Morgan fingerprint density at radius 3 is 2.45 bits per heavy atom. The Hall–Kier alpha value is -4.31. The Kier molecular flexibility index (Phi) is 7.06. The number of likely N-dealkylation sites (N-methyl/N-ethyl adjacent to an activating group) is 1. The van der Waals surface area contributed by atoms with Gasteiger partial charge in [0.1, 0.15) is 26.0 Å². The molecule has 1 aliphatic heterocycles. The van der Waals surface area contributed by atoms with Crippen molar-refractivity contribution < 1.29 is 18.7 Å². The second kappa shape index (κ2) is 10.6. The van der Waals surface area contributed by atoms with Crippen molar-refractivity contribution in [1.82, 2.24) is 29.1 Å². The maximum absolute atomic E-state index is 14.0. The molecule has 0 aliphatic carbocycles. The van der Waals surface area contributed by atoms with Gasteiger partial charge in [0.2, 0.25) is 17.6 Å². The Balaban J connectivity index is 1.37. The summed E-state index contributed by atoms with van der Waals surface area (Å²) in [7, 11) is 5.12. The van der Waals surface area contributed by atoms with Crippen molar-refractivity contribution in [3.05, 3.63) is 72.8 Å². The largest absolute Gasteiger partial charge is 0.494 e. The molecule has 1 aliphatic rings. The van der Waals surface area contributed by atoms with E-state index in [2.05, 4.69) is 17.0 Å². The summed E-state index contributed by atoms with van der Waals surface area (Å²) in [6.07, 6.45) is 1.51. The normalized spacial score (nSPS) is 14.8. The number of ether oxygens (including phenoxy) is 2. The molecule has 1 amide bonds. The van der Waals surface area contributed by atoms with Gasteiger partial charge in [-0.15, -0.1) is 0 Å². The number of methoxy groups -OCH3 is 2. The zero-order valence-electron chi connectivity index (χ0n) is 21.7. The Morgan fingerprint density at radius 1 is 0.974 bits per heavy atom. The lowest BCUT2D eigenvalue weighted by atomic mass is 10.1. The van der Waals surface area contributed by atoms with Crippen LogP contribution >= 0.6 is 0 Å². The Morgan fingerprint density at radius 2 is 1.74 bits per heavy atom.